The quantitative estimate of drug-likeness (QED) is 0.611. The van der Waals surface area contributed by atoms with E-state index < -0.39 is 0 Å². The third-order valence-electron chi connectivity index (χ3n) is 4.61. The summed E-state index contributed by atoms with van der Waals surface area (Å²) in [6.07, 6.45) is 3.66. The molecule has 1 aromatic rings. The van der Waals surface area contributed by atoms with Crippen molar-refractivity contribution in [1.29, 1.82) is 0 Å². The average molecular weight is 384 g/mol. The second kappa shape index (κ2) is 8.47. The summed E-state index contributed by atoms with van der Waals surface area (Å²) < 4.78 is 5.58. The van der Waals surface area contributed by atoms with Gasteiger partial charge < -0.3 is 20.3 Å². The molecule has 0 aromatic carbocycles. The van der Waals surface area contributed by atoms with E-state index in [-0.39, 0.29) is 6.10 Å². The zero-order chi connectivity index (χ0) is 17.8. The highest BCUT2D eigenvalue weighted by Crippen LogP contribution is 2.27. The third-order valence-corrected chi connectivity index (χ3v) is 5.05. The molecule has 6 nitrogen and oxygen atoms in total. The van der Waals surface area contributed by atoms with Crippen LogP contribution >= 0.6 is 23.8 Å². The number of ether oxygens (including phenoxy) is 1. The molecule has 0 amide bonds. The maximum absolute atomic E-state index is 6.20. The number of halogens is 1. The number of piperidine rings is 1. The Morgan fingerprint density at radius 1 is 1.36 bits per heavy atom. The van der Waals surface area contributed by atoms with Crippen LogP contribution in [0.15, 0.2) is 6.07 Å². The van der Waals surface area contributed by atoms with E-state index in [9.17, 15) is 0 Å². The maximum atomic E-state index is 6.20. The predicted octanol–water partition coefficient (Wildman–Crippen LogP) is 3.08. The molecule has 25 heavy (non-hydrogen) atoms. The Morgan fingerprint density at radius 2 is 2.12 bits per heavy atom. The van der Waals surface area contributed by atoms with E-state index in [2.05, 4.69) is 39.3 Å². The van der Waals surface area contributed by atoms with Gasteiger partial charge in [-0.05, 0) is 43.3 Å². The van der Waals surface area contributed by atoms with Gasteiger partial charge in [-0.2, -0.15) is 4.98 Å². The second-order valence-electron chi connectivity index (χ2n) is 7.19. The monoisotopic (exact) mass is 383 g/mol. The van der Waals surface area contributed by atoms with Crippen molar-refractivity contribution in [1.82, 2.24) is 15.3 Å². The minimum Gasteiger partial charge on any atom is -0.376 e. The number of nitrogens with one attached hydrogen (secondary N) is 2. The van der Waals surface area contributed by atoms with Crippen molar-refractivity contribution in [2.45, 2.75) is 39.2 Å². The molecule has 0 unspecified atom stereocenters. The van der Waals surface area contributed by atoms with Crippen LogP contribution in [0.1, 0.15) is 33.1 Å². The Kier molecular flexibility index (Phi) is 6.30. The molecule has 3 rings (SSSR count). The van der Waals surface area contributed by atoms with Gasteiger partial charge in [0.1, 0.15) is 11.0 Å². The molecule has 2 fully saturated rings. The number of nitrogens with zero attached hydrogens (tertiary/aromatic N) is 3. The molecule has 0 aliphatic carbocycles. The highest BCUT2D eigenvalue weighted by molar-refractivity contribution is 7.80. The first kappa shape index (κ1) is 18.6. The molecule has 8 heteroatoms. The van der Waals surface area contributed by atoms with E-state index in [1.54, 1.807) is 0 Å². The summed E-state index contributed by atoms with van der Waals surface area (Å²) in [6, 6.07) is 1.82. The largest absolute Gasteiger partial charge is 0.376 e. The zero-order valence-corrected chi connectivity index (χ0v) is 16.4. The van der Waals surface area contributed by atoms with Gasteiger partial charge in [-0.25, -0.2) is 4.98 Å². The number of anilines is 2. The summed E-state index contributed by atoms with van der Waals surface area (Å²) in [4.78, 5) is 11.1. The third kappa shape index (κ3) is 5.39. The Bertz CT molecular complexity index is 601. The topological polar surface area (TPSA) is 62.3 Å². The van der Waals surface area contributed by atoms with Crippen LogP contribution in [0, 0.1) is 11.8 Å². The maximum Gasteiger partial charge on any atom is 0.232 e. The SMILES string of the molecule is C[C@@H]1C[C@@H](C)CN(c2cc(Cl)nc(NC(=S)NC[C@@H]3CCCO3)n2)C1. The van der Waals surface area contributed by atoms with Gasteiger partial charge in [0.25, 0.3) is 0 Å². The number of thiocarbonyl (C=S) groups is 1. The van der Waals surface area contributed by atoms with Gasteiger partial charge in [0, 0.05) is 32.3 Å². The molecule has 2 aliphatic rings. The summed E-state index contributed by atoms with van der Waals surface area (Å²) in [7, 11) is 0. The van der Waals surface area contributed by atoms with E-state index in [4.69, 9.17) is 28.6 Å². The summed E-state index contributed by atoms with van der Waals surface area (Å²) in [6.45, 7) is 8.04. The molecule has 3 atom stereocenters. The first-order valence-corrected chi connectivity index (χ1v) is 9.74. The Morgan fingerprint density at radius 3 is 2.80 bits per heavy atom. The molecule has 0 radical (unpaired) electrons. The molecular formula is C17H26ClN5OS. The van der Waals surface area contributed by atoms with Gasteiger partial charge in [0.05, 0.1) is 6.10 Å². The highest BCUT2D eigenvalue weighted by atomic mass is 35.5. The molecule has 1 aromatic heterocycles. The van der Waals surface area contributed by atoms with Gasteiger partial charge in [0.2, 0.25) is 5.95 Å². The Labute approximate surface area is 159 Å². The van der Waals surface area contributed by atoms with E-state index >= 15 is 0 Å². The van der Waals surface area contributed by atoms with Crippen LogP contribution in [0.2, 0.25) is 5.15 Å². The first-order valence-electron chi connectivity index (χ1n) is 8.95. The van der Waals surface area contributed by atoms with Crippen LogP contribution in [0.3, 0.4) is 0 Å². The fourth-order valence-corrected chi connectivity index (χ4v) is 3.98. The molecule has 3 heterocycles. The minimum atomic E-state index is 0.229. The van der Waals surface area contributed by atoms with Gasteiger partial charge >= 0.3 is 0 Å². The molecular weight excluding hydrogens is 358 g/mol. The Hall–Kier alpha value is -1.18. The summed E-state index contributed by atoms with van der Waals surface area (Å²) in [5.41, 5.74) is 0. The van der Waals surface area contributed by atoms with Crippen LogP contribution in [0.25, 0.3) is 0 Å². The number of hydrogen-bond donors (Lipinski definition) is 2. The molecule has 2 N–H and O–H groups in total. The van der Waals surface area contributed by atoms with Crippen molar-refractivity contribution < 1.29 is 4.74 Å². The summed E-state index contributed by atoms with van der Waals surface area (Å²) in [5, 5.41) is 7.11. The normalized spacial score (nSPS) is 26.5. The van der Waals surface area contributed by atoms with E-state index in [1.807, 2.05) is 6.07 Å². The van der Waals surface area contributed by atoms with Gasteiger partial charge in [-0.15, -0.1) is 0 Å². The lowest BCUT2D eigenvalue weighted by Gasteiger charge is -2.35. The second-order valence-corrected chi connectivity index (χ2v) is 7.99. The molecule has 2 aliphatic heterocycles. The average Bonchev–Trinajstić information content (AvgIpc) is 3.05. The minimum absolute atomic E-state index is 0.229. The zero-order valence-electron chi connectivity index (χ0n) is 14.8. The smallest absolute Gasteiger partial charge is 0.232 e. The van der Waals surface area contributed by atoms with Crippen molar-refractivity contribution in [3.8, 4) is 0 Å². The number of rotatable bonds is 4. The molecule has 0 bridgehead atoms. The van der Waals surface area contributed by atoms with Crippen molar-refractivity contribution in [3.05, 3.63) is 11.2 Å². The van der Waals surface area contributed by atoms with Gasteiger partial charge in [-0.3, -0.25) is 0 Å². The van der Waals surface area contributed by atoms with Crippen LogP contribution in [0.5, 0.6) is 0 Å². The lowest BCUT2D eigenvalue weighted by molar-refractivity contribution is 0.114. The van der Waals surface area contributed by atoms with Gasteiger partial charge in [-0.1, -0.05) is 25.4 Å². The lowest BCUT2D eigenvalue weighted by atomic mass is 9.92. The van der Waals surface area contributed by atoms with Crippen molar-refractivity contribution in [3.63, 3.8) is 0 Å². The number of hydrogen-bond acceptors (Lipinski definition) is 5. The molecule has 138 valence electrons. The van der Waals surface area contributed by atoms with E-state index in [1.165, 1.54) is 6.42 Å². The van der Waals surface area contributed by atoms with Crippen molar-refractivity contribution in [2.24, 2.45) is 11.8 Å². The van der Waals surface area contributed by atoms with Crippen LogP contribution < -0.4 is 15.5 Å². The molecule has 0 saturated carbocycles. The number of aromatic nitrogens is 2. The lowest BCUT2D eigenvalue weighted by Crippen LogP contribution is -2.39. The van der Waals surface area contributed by atoms with Gasteiger partial charge in [0.15, 0.2) is 5.11 Å². The summed E-state index contributed by atoms with van der Waals surface area (Å²) in [5.74, 6) is 2.56. The standard InChI is InChI=1S/C17H26ClN5OS/c1-11-6-12(2)10-23(9-11)15-7-14(18)20-16(21-15)22-17(25)19-8-13-4-3-5-24-13/h7,11-13H,3-6,8-10H2,1-2H3,(H2,19,20,21,22,25)/t11-,12-,13+/m1/s1. The van der Waals surface area contributed by atoms with Crippen LogP contribution in [-0.4, -0.2) is 47.4 Å². The van der Waals surface area contributed by atoms with E-state index in [0.29, 0.717) is 34.6 Å². The molecule has 2 saturated heterocycles. The van der Waals surface area contributed by atoms with E-state index in [0.717, 1.165) is 38.4 Å². The molecule has 0 spiro atoms. The fraction of sp³-hybridized carbons (Fsp3) is 0.706. The first-order chi connectivity index (χ1) is 12.0. The predicted molar refractivity (Wildman–Crippen MR) is 105 cm³/mol. The van der Waals surface area contributed by atoms with Crippen molar-refractivity contribution >= 4 is 40.7 Å². The Balaban J connectivity index is 1.61. The summed E-state index contributed by atoms with van der Waals surface area (Å²) >= 11 is 11.5. The highest BCUT2D eigenvalue weighted by Gasteiger charge is 2.23. The van der Waals surface area contributed by atoms with Crippen LogP contribution in [-0.2, 0) is 4.74 Å². The van der Waals surface area contributed by atoms with Crippen molar-refractivity contribution in [2.75, 3.05) is 36.5 Å². The van der Waals surface area contributed by atoms with Crippen LogP contribution in [0.4, 0.5) is 11.8 Å². The fourth-order valence-electron chi connectivity index (χ4n) is 3.63.